The predicted molar refractivity (Wildman–Crippen MR) is 124 cm³/mol. The standard InChI is InChI=1S/C22H19IN6O2/c1-31-18-8-6-17(7-9-18)29-21-19(20(26-29)14-28-24-11-12-25-28)10-13-27(22(21)30)16-4-2-15(23)3-5-16/h2-9,11-12H,10,13-14H2,1H3. The van der Waals surface area contributed by atoms with Gasteiger partial charge in [0.25, 0.3) is 5.91 Å². The number of carbonyl (C=O) groups excluding carboxylic acids is 1. The van der Waals surface area contributed by atoms with E-state index in [0.717, 1.165) is 32.0 Å². The highest BCUT2D eigenvalue weighted by molar-refractivity contribution is 14.1. The van der Waals surface area contributed by atoms with Crippen molar-refractivity contribution in [1.82, 2.24) is 24.8 Å². The minimum absolute atomic E-state index is 0.0644. The first-order valence-corrected chi connectivity index (χ1v) is 10.9. The van der Waals surface area contributed by atoms with Crippen molar-refractivity contribution in [1.29, 1.82) is 0 Å². The number of ether oxygens (including phenoxy) is 1. The molecule has 2 aromatic carbocycles. The van der Waals surface area contributed by atoms with Crippen LogP contribution in [0.5, 0.6) is 5.75 Å². The maximum atomic E-state index is 13.6. The fourth-order valence-electron chi connectivity index (χ4n) is 3.79. The molecule has 3 heterocycles. The zero-order chi connectivity index (χ0) is 21.4. The zero-order valence-electron chi connectivity index (χ0n) is 16.8. The number of amides is 1. The third-order valence-electron chi connectivity index (χ3n) is 5.31. The third kappa shape index (κ3) is 3.69. The number of methoxy groups -OCH3 is 1. The molecule has 0 saturated heterocycles. The van der Waals surface area contributed by atoms with Crippen LogP contribution in [0, 0.1) is 3.57 Å². The molecule has 0 saturated carbocycles. The molecule has 2 aromatic heterocycles. The fourth-order valence-corrected chi connectivity index (χ4v) is 4.15. The molecular weight excluding hydrogens is 507 g/mol. The van der Waals surface area contributed by atoms with E-state index in [-0.39, 0.29) is 5.91 Å². The highest BCUT2D eigenvalue weighted by Crippen LogP contribution is 2.30. The van der Waals surface area contributed by atoms with Gasteiger partial charge in [0.15, 0.2) is 0 Å². The number of rotatable bonds is 5. The Balaban J connectivity index is 1.60. The summed E-state index contributed by atoms with van der Waals surface area (Å²) in [6.45, 7) is 1.01. The molecule has 8 nitrogen and oxygen atoms in total. The summed E-state index contributed by atoms with van der Waals surface area (Å²) in [5, 5.41) is 13.2. The summed E-state index contributed by atoms with van der Waals surface area (Å²) < 4.78 is 8.13. The van der Waals surface area contributed by atoms with Crippen LogP contribution in [0.4, 0.5) is 5.69 Å². The Morgan fingerprint density at radius 1 is 1.00 bits per heavy atom. The van der Waals surface area contributed by atoms with Gasteiger partial charge in [0.05, 0.1) is 30.9 Å². The number of hydrogen-bond donors (Lipinski definition) is 0. The number of anilines is 1. The summed E-state index contributed by atoms with van der Waals surface area (Å²) in [7, 11) is 1.63. The second kappa shape index (κ2) is 8.14. The molecule has 0 spiro atoms. The van der Waals surface area contributed by atoms with E-state index in [0.29, 0.717) is 25.2 Å². The first kappa shape index (κ1) is 19.7. The van der Waals surface area contributed by atoms with Crippen LogP contribution in [0.2, 0.25) is 0 Å². The van der Waals surface area contributed by atoms with Gasteiger partial charge < -0.3 is 9.64 Å². The van der Waals surface area contributed by atoms with E-state index in [1.165, 1.54) is 0 Å². The molecule has 4 aromatic rings. The number of carbonyl (C=O) groups is 1. The van der Waals surface area contributed by atoms with Crippen LogP contribution in [0.25, 0.3) is 5.69 Å². The SMILES string of the molecule is COc1ccc(-n2nc(Cn3nccn3)c3c2C(=O)N(c2ccc(I)cc2)CC3)cc1. The van der Waals surface area contributed by atoms with Crippen LogP contribution < -0.4 is 9.64 Å². The Hall–Kier alpha value is -3.21. The Morgan fingerprint density at radius 3 is 2.35 bits per heavy atom. The number of halogens is 1. The minimum Gasteiger partial charge on any atom is -0.497 e. The number of nitrogens with zero attached hydrogens (tertiary/aromatic N) is 6. The average Bonchev–Trinajstić information content (AvgIpc) is 3.44. The van der Waals surface area contributed by atoms with Gasteiger partial charge in [-0.1, -0.05) is 0 Å². The maximum absolute atomic E-state index is 13.6. The molecule has 0 fully saturated rings. The Bertz CT molecular complexity index is 1220. The number of hydrogen-bond acceptors (Lipinski definition) is 5. The molecule has 1 aliphatic heterocycles. The van der Waals surface area contributed by atoms with Gasteiger partial charge in [0.1, 0.15) is 18.0 Å². The van der Waals surface area contributed by atoms with Gasteiger partial charge >= 0.3 is 0 Å². The monoisotopic (exact) mass is 526 g/mol. The van der Waals surface area contributed by atoms with Gasteiger partial charge in [-0.2, -0.15) is 20.1 Å². The van der Waals surface area contributed by atoms with E-state index in [1.807, 2.05) is 53.4 Å². The summed E-state index contributed by atoms with van der Waals surface area (Å²) in [4.78, 5) is 17.0. The summed E-state index contributed by atoms with van der Waals surface area (Å²) in [6, 6.07) is 15.5. The molecule has 31 heavy (non-hydrogen) atoms. The van der Waals surface area contributed by atoms with Crippen LogP contribution in [0.3, 0.4) is 0 Å². The van der Waals surface area contributed by atoms with Crippen molar-refractivity contribution in [2.45, 2.75) is 13.0 Å². The van der Waals surface area contributed by atoms with Gasteiger partial charge in [-0.05, 0) is 77.5 Å². The third-order valence-corrected chi connectivity index (χ3v) is 6.03. The van der Waals surface area contributed by atoms with Crippen molar-refractivity contribution in [2.24, 2.45) is 0 Å². The van der Waals surface area contributed by atoms with Crippen molar-refractivity contribution < 1.29 is 9.53 Å². The molecule has 0 atom stereocenters. The summed E-state index contributed by atoms with van der Waals surface area (Å²) in [5.41, 5.74) is 4.01. The van der Waals surface area contributed by atoms with Gasteiger partial charge in [-0.25, -0.2) is 4.68 Å². The number of aromatic nitrogens is 5. The first-order valence-electron chi connectivity index (χ1n) is 9.81. The van der Waals surface area contributed by atoms with E-state index in [4.69, 9.17) is 9.84 Å². The van der Waals surface area contributed by atoms with Crippen molar-refractivity contribution in [3.63, 3.8) is 0 Å². The van der Waals surface area contributed by atoms with Gasteiger partial charge in [0, 0.05) is 21.4 Å². The van der Waals surface area contributed by atoms with Gasteiger partial charge in [0.2, 0.25) is 0 Å². The van der Waals surface area contributed by atoms with Crippen molar-refractivity contribution in [3.8, 4) is 11.4 Å². The van der Waals surface area contributed by atoms with Crippen LogP contribution >= 0.6 is 22.6 Å². The molecule has 0 aliphatic carbocycles. The van der Waals surface area contributed by atoms with Gasteiger partial charge in [-0.15, -0.1) is 0 Å². The van der Waals surface area contributed by atoms with Crippen molar-refractivity contribution >= 4 is 34.2 Å². The molecule has 0 bridgehead atoms. The van der Waals surface area contributed by atoms with E-state index in [2.05, 4.69) is 32.8 Å². The lowest BCUT2D eigenvalue weighted by atomic mass is 10.0. The van der Waals surface area contributed by atoms with Gasteiger partial charge in [-0.3, -0.25) is 4.79 Å². The lowest BCUT2D eigenvalue weighted by Crippen LogP contribution is -2.38. The Morgan fingerprint density at radius 2 is 1.68 bits per heavy atom. The van der Waals surface area contributed by atoms with Crippen LogP contribution in [-0.2, 0) is 13.0 Å². The molecule has 9 heteroatoms. The van der Waals surface area contributed by atoms with E-state index in [1.54, 1.807) is 29.0 Å². The fraction of sp³-hybridized carbons (Fsp3) is 0.182. The second-order valence-corrected chi connectivity index (χ2v) is 8.37. The zero-order valence-corrected chi connectivity index (χ0v) is 18.9. The quantitative estimate of drug-likeness (QED) is 0.373. The molecule has 1 amide bonds. The van der Waals surface area contributed by atoms with Crippen molar-refractivity contribution in [3.05, 3.63) is 81.4 Å². The Labute approximate surface area is 192 Å². The number of benzene rings is 2. The van der Waals surface area contributed by atoms with E-state index in [9.17, 15) is 4.79 Å². The second-order valence-electron chi connectivity index (χ2n) is 7.13. The molecule has 0 unspecified atom stereocenters. The highest BCUT2D eigenvalue weighted by Gasteiger charge is 2.33. The van der Waals surface area contributed by atoms with Crippen LogP contribution in [-0.4, -0.2) is 44.3 Å². The Kier molecular flexibility index (Phi) is 5.18. The minimum atomic E-state index is -0.0644. The van der Waals surface area contributed by atoms with Crippen molar-refractivity contribution in [2.75, 3.05) is 18.6 Å². The molecule has 0 N–H and O–H groups in total. The predicted octanol–water partition coefficient (Wildman–Crippen LogP) is 3.33. The van der Waals surface area contributed by atoms with E-state index >= 15 is 0 Å². The summed E-state index contributed by atoms with van der Waals surface area (Å²) >= 11 is 2.26. The first-order chi connectivity index (χ1) is 15.1. The average molecular weight is 526 g/mol. The van der Waals surface area contributed by atoms with Crippen LogP contribution in [0.15, 0.2) is 60.9 Å². The molecular formula is C22H19IN6O2. The molecule has 156 valence electrons. The normalized spacial score (nSPS) is 13.4. The maximum Gasteiger partial charge on any atom is 0.277 e. The smallest absolute Gasteiger partial charge is 0.277 e. The van der Waals surface area contributed by atoms with E-state index < -0.39 is 0 Å². The lowest BCUT2D eigenvalue weighted by molar-refractivity contribution is 0.0973. The lowest BCUT2D eigenvalue weighted by Gasteiger charge is -2.28. The summed E-state index contributed by atoms with van der Waals surface area (Å²) in [5.74, 6) is 0.683. The molecule has 0 radical (unpaired) electrons. The highest BCUT2D eigenvalue weighted by atomic mass is 127. The summed E-state index contributed by atoms with van der Waals surface area (Å²) in [6.07, 6.45) is 3.98. The van der Waals surface area contributed by atoms with Crippen LogP contribution in [0.1, 0.15) is 21.7 Å². The topological polar surface area (TPSA) is 78.1 Å². The molecule has 1 aliphatic rings. The number of fused-ring (bicyclic) bond motifs is 1. The largest absolute Gasteiger partial charge is 0.497 e. The molecule has 5 rings (SSSR count).